The van der Waals surface area contributed by atoms with Gasteiger partial charge in [0, 0.05) is 11.0 Å². The van der Waals surface area contributed by atoms with Crippen molar-refractivity contribution >= 4 is 29.5 Å². The maximum Gasteiger partial charge on any atom is 0.0436 e. The average molecular weight is 333 g/mol. The van der Waals surface area contributed by atoms with Crippen molar-refractivity contribution in [2.75, 3.05) is 5.73 Å². The first-order valence-electron chi connectivity index (χ1n) is 8.27. The summed E-state index contributed by atoms with van der Waals surface area (Å²) in [6, 6.07) is 27.9. The van der Waals surface area contributed by atoms with Crippen molar-refractivity contribution < 1.29 is 0 Å². The van der Waals surface area contributed by atoms with Crippen LogP contribution in [0, 0.1) is 0 Å². The lowest BCUT2D eigenvalue weighted by atomic mass is 9.86. The van der Waals surface area contributed by atoms with Crippen LogP contribution >= 0.6 is 7.92 Å². The average Bonchev–Trinajstić information content (AvgIpc) is 2.58. The van der Waals surface area contributed by atoms with Crippen molar-refractivity contribution in [3.8, 4) is 0 Å². The van der Waals surface area contributed by atoms with E-state index in [0.717, 1.165) is 5.69 Å². The van der Waals surface area contributed by atoms with Crippen molar-refractivity contribution in [2.45, 2.75) is 26.2 Å². The topological polar surface area (TPSA) is 26.0 Å². The van der Waals surface area contributed by atoms with Crippen LogP contribution in [-0.4, -0.2) is 0 Å². The van der Waals surface area contributed by atoms with Crippen LogP contribution in [0.2, 0.25) is 0 Å². The van der Waals surface area contributed by atoms with E-state index in [-0.39, 0.29) is 5.41 Å². The quantitative estimate of drug-likeness (QED) is 0.560. The standard InChI is InChI=1S/C22H24NP/c1-22(2,3)19-15-10-16-20(21(19)23)24(17-11-6-4-7-12-17)18-13-8-5-9-14-18/h4-16H,23H2,1-3H3. The Kier molecular flexibility index (Phi) is 4.73. The molecule has 0 bridgehead atoms. The van der Waals surface area contributed by atoms with Crippen molar-refractivity contribution in [1.29, 1.82) is 0 Å². The highest BCUT2D eigenvalue weighted by atomic mass is 31.1. The van der Waals surface area contributed by atoms with Gasteiger partial charge < -0.3 is 5.73 Å². The van der Waals surface area contributed by atoms with Gasteiger partial charge in [0.2, 0.25) is 0 Å². The third kappa shape index (κ3) is 3.37. The van der Waals surface area contributed by atoms with E-state index >= 15 is 0 Å². The molecule has 0 aliphatic carbocycles. The summed E-state index contributed by atoms with van der Waals surface area (Å²) in [5, 5.41) is 3.91. The second-order valence-corrected chi connectivity index (χ2v) is 9.18. The molecule has 0 atom stereocenters. The van der Waals surface area contributed by atoms with Crippen molar-refractivity contribution in [2.24, 2.45) is 0 Å². The van der Waals surface area contributed by atoms with E-state index < -0.39 is 7.92 Å². The van der Waals surface area contributed by atoms with Crippen LogP contribution in [0.25, 0.3) is 0 Å². The molecule has 122 valence electrons. The molecule has 2 N–H and O–H groups in total. The number of benzene rings is 3. The van der Waals surface area contributed by atoms with Crippen LogP contribution in [0.1, 0.15) is 26.3 Å². The van der Waals surface area contributed by atoms with Gasteiger partial charge >= 0.3 is 0 Å². The molecule has 0 amide bonds. The summed E-state index contributed by atoms with van der Waals surface area (Å²) >= 11 is 0. The molecule has 0 heterocycles. The molecule has 2 heteroatoms. The summed E-state index contributed by atoms with van der Waals surface area (Å²) in [6.07, 6.45) is 0. The first-order chi connectivity index (χ1) is 11.5. The number of hydrogen-bond acceptors (Lipinski definition) is 1. The zero-order chi connectivity index (χ0) is 17.2. The predicted molar refractivity (Wildman–Crippen MR) is 108 cm³/mol. The minimum absolute atomic E-state index is 0.0362. The fourth-order valence-corrected chi connectivity index (χ4v) is 5.37. The molecule has 0 saturated heterocycles. The molecular weight excluding hydrogens is 309 g/mol. The summed E-state index contributed by atoms with van der Waals surface area (Å²) in [4.78, 5) is 0. The number of hydrogen-bond donors (Lipinski definition) is 1. The van der Waals surface area contributed by atoms with Gasteiger partial charge in [0.15, 0.2) is 0 Å². The van der Waals surface area contributed by atoms with E-state index in [0.29, 0.717) is 0 Å². The molecule has 3 aromatic carbocycles. The Morgan fingerprint density at radius 1 is 0.667 bits per heavy atom. The highest BCUT2D eigenvalue weighted by molar-refractivity contribution is 7.80. The van der Waals surface area contributed by atoms with Crippen LogP contribution in [0.4, 0.5) is 5.69 Å². The van der Waals surface area contributed by atoms with E-state index in [1.165, 1.54) is 21.5 Å². The molecule has 0 fully saturated rings. The minimum Gasteiger partial charge on any atom is -0.398 e. The van der Waals surface area contributed by atoms with Gasteiger partial charge in [0.1, 0.15) is 0 Å². The Morgan fingerprint density at radius 2 is 1.17 bits per heavy atom. The van der Waals surface area contributed by atoms with Crippen molar-refractivity contribution in [3.05, 3.63) is 84.4 Å². The predicted octanol–water partition coefficient (Wildman–Crippen LogP) is 4.32. The van der Waals surface area contributed by atoms with Gasteiger partial charge in [-0.15, -0.1) is 0 Å². The van der Waals surface area contributed by atoms with Gasteiger partial charge in [-0.3, -0.25) is 0 Å². The van der Waals surface area contributed by atoms with Gasteiger partial charge in [0.05, 0.1) is 0 Å². The number of nitrogen functional groups attached to an aromatic ring is 1. The third-order valence-corrected chi connectivity index (χ3v) is 6.66. The van der Waals surface area contributed by atoms with E-state index in [2.05, 4.69) is 99.6 Å². The van der Waals surface area contributed by atoms with Gasteiger partial charge in [0.25, 0.3) is 0 Å². The van der Waals surface area contributed by atoms with E-state index in [1.54, 1.807) is 0 Å². The van der Waals surface area contributed by atoms with Crippen LogP contribution in [0.5, 0.6) is 0 Å². The fourth-order valence-electron chi connectivity index (χ4n) is 2.98. The number of rotatable bonds is 3. The largest absolute Gasteiger partial charge is 0.398 e. The van der Waals surface area contributed by atoms with E-state index in [9.17, 15) is 0 Å². The molecule has 0 aliphatic heterocycles. The fraction of sp³-hybridized carbons (Fsp3) is 0.182. The van der Waals surface area contributed by atoms with Crippen molar-refractivity contribution in [1.82, 2.24) is 0 Å². The molecule has 3 rings (SSSR count). The van der Waals surface area contributed by atoms with E-state index in [1.807, 2.05) is 0 Å². The van der Waals surface area contributed by atoms with Crippen LogP contribution < -0.4 is 21.6 Å². The Hall–Kier alpha value is -2.11. The normalized spacial score (nSPS) is 11.7. The Balaban J connectivity index is 2.21. The Labute approximate surface area is 146 Å². The van der Waals surface area contributed by atoms with Crippen LogP contribution in [0.15, 0.2) is 78.9 Å². The second-order valence-electron chi connectivity index (χ2n) is 6.99. The lowest BCUT2D eigenvalue weighted by Crippen LogP contribution is -2.26. The SMILES string of the molecule is CC(C)(C)c1cccc(P(c2ccccc2)c2ccccc2)c1N. The minimum atomic E-state index is -0.655. The first kappa shape index (κ1) is 16.7. The molecule has 0 aromatic heterocycles. The molecule has 0 radical (unpaired) electrons. The monoisotopic (exact) mass is 333 g/mol. The smallest absolute Gasteiger partial charge is 0.0436 e. The number of nitrogens with two attached hydrogens (primary N) is 1. The van der Waals surface area contributed by atoms with Gasteiger partial charge in [-0.25, -0.2) is 0 Å². The summed E-state index contributed by atoms with van der Waals surface area (Å²) < 4.78 is 0. The van der Waals surface area contributed by atoms with Gasteiger partial charge in [-0.05, 0) is 29.5 Å². The highest BCUT2D eigenvalue weighted by Crippen LogP contribution is 2.38. The first-order valence-corrected chi connectivity index (χ1v) is 9.62. The lowest BCUT2D eigenvalue weighted by Gasteiger charge is -2.27. The Morgan fingerprint density at radius 3 is 1.62 bits per heavy atom. The second kappa shape index (κ2) is 6.79. The molecule has 0 spiro atoms. The molecule has 1 nitrogen and oxygen atoms in total. The summed E-state index contributed by atoms with van der Waals surface area (Å²) in [5.41, 5.74) is 8.85. The molecule has 0 aliphatic rings. The van der Waals surface area contributed by atoms with Gasteiger partial charge in [-0.2, -0.15) is 0 Å². The Bertz CT molecular complexity index is 765. The molecule has 0 unspecified atom stereocenters. The zero-order valence-corrected chi connectivity index (χ0v) is 15.4. The van der Waals surface area contributed by atoms with Crippen LogP contribution in [0.3, 0.4) is 0 Å². The van der Waals surface area contributed by atoms with E-state index in [4.69, 9.17) is 5.73 Å². The maximum absolute atomic E-state index is 6.66. The highest BCUT2D eigenvalue weighted by Gasteiger charge is 2.23. The summed E-state index contributed by atoms with van der Waals surface area (Å²) in [6.45, 7) is 6.65. The molecular formula is C22H24NP. The number of anilines is 1. The third-order valence-electron chi connectivity index (χ3n) is 4.16. The molecule has 0 saturated carbocycles. The van der Waals surface area contributed by atoms with Crippen LogP contribution in [-0.2, 0) is 5.41 Å². The lowest BCUT2D eigenvalue weighted by molar-refractivity contribution is 0.593. The molecule has 3 aromatic rings. The van der Waals surface area contributed by atoms with Gasteiger partial charge in [-0.1, -0.05) is 99.6 Å². The summed E-state index contributed by atoms with van der Waals surface area (Å²) in [5.74, 6) is 0. The molecule has 24 heavy (non-hydrogen) atoms. The maximum atomic E-state index is 6.66. The number of para-hydroxylation sites is 1. The van der Waals surface area contributed by atoms with Crippen molar-refractivity contribution in [3.63, 3.8) is 0 Å². The summed E-state index contributed by atoms with van der Waals surface area (Å²) in [7, 11) is -0.655. The zero-order valence-electron chi connectivity index (χ0n) is 14.5.